The number of benzene rings is 1. The quantitative estimate of drug-likeness (QED) is 0.653. The second-order valence-electron chi connectivity index (χ2n) is 7.43. The summed E-state index contributed by atoms with van der Waals surface area (Å²) in [6, 6.07) is 4.34. The maximum atomic E-state index is 13.0. The Labute approximate surface area is 173 Å². The van der Waals surface area contributed by atoms with Gasteiger partial charge in [0.05, 0.1) is 31.4 Å². The first-order valence-electron chi connectivity index (χ1n) is 9.66. The van der Waals surface area contributed by atoms with Crippen LogP contribution < -0.4 is 16.2 Å². The summed E-state index contributed by atoms with van der Waals surface area (Å²) in [5, 5.41) is 2.72. The average molecular weight is 413 g/mol. The number of anilines is 1. The molecule has 0 spiro atoms. The second kappa shape index (κ2) is 7.92. The van der Waals surface area contributed by atoms with Gasteiger partial charge in [0, 0.05) is 29.8 Å². The Bertz CT molecular complexity index is 994. The lowest BCUT2D eigenvalue weighted by Gasteiger charge is -2.23. The fourth-order valence-corrected chi connectivity index (χ4v) is 4.18. The standard InChI is InChI=1S/C21H23N3O6/c1-10-16-15(5-4-11-9-22-24-17(11)16)30-18(10)19(25)23-14-7-12(20(26)28-2)6-13(8-14)21(27)29-3/h6-8,11,17,22,24H,4-5,9H2,1-3H3,(H,23,25). The van der Waals surface area contributed by atoms with Crippen LogP contribution in [0.25, 0.3) is 0 Å². The molecule has 30 heavy (non-hydrogen) atoms. The maximum absolute atomic E-state index is 13.0. The third-order valence-corrected chi connectivity index (χ3v) is 5.66. The molecule has 9 heteroatoms. The van der Waals surface area contributed by atoms with Crippen LogP contribution >= 0.6 is 0 Å². The Morgan fingerprint density at radius 2 is 1.77 bits per heavy atom. The molecule has 1 aliphatic carbocycles. The zero-order valence-corrected chi connectivity index (χ0v) is 17.0. The van der Waals surface area contributed by atoms with Gasteiger partial charge in [-0.15, -0.1) is 0 Å². The van der Waals surface area contributed by atoms with Gasteiger partial charge < -0.3 is 19.2 Å². The molecule has 0 radical (unpaired) electrons. The molecule has 158 valence electrons. The molecule has 1 saturated heterocycles. The van der Waals surface area contributed by atoms with Crippen molar-refractivity contribution in [2.24, 2.45) is 5.92 Å². The van der Waals surface area contributed by atoms with E-state index in [1.807, 2.05) is 6.92 Å². The van der Waals surface area contributed by atoms with Gasteiger partial charge in [-0.05, 0) is 37.5 Å². The number of carbonyl (C=O) groups is 3. The van der Waals surface area contributed by atoms with Gasteiger partial charge in [0.15, 0.2) is 5.76 Å². The van der Waals surface area contributed by atoms with Crippen molar-refractivity contribution in [1.29, 1.82) is 0 Å². The summed E-state index contributed by atoms with van der Waals surface area (Å²) in [4.78, 5) is 36.9. The Balaban J connectivity index is 1.64. The molecule has 2 heterocycles. The molecule has 2 atom stereocenters. The van der Waals surface area contributed by atoms with Crippen LogP contribution in [-0.4, -0.2) is 38.6 Å². The highest BCUT2D eigenvalue weighted by molar-refractivity contribution is 6.05. The highest BCUT2D eigenvalue weighted by Crippen LogP contribution is 2.40. The van der Waals surface area contributed by atoms with Crippen molar-refractivity contribution < 1.29 is 28.3 Å². The summed E-state index contributed by atoms with van der Waals surface area (Å²) in [5.41, 5.74) is 8.75. The van der Waals surface area contributed by atoms with Gasteiger partial charge in [-0.25, -0.2) is 15.0 Å². The average Bonchev–Trinajstić information content (AvgIpc) is 3.36. The number of furan rings is 1. The van der Waals surface area contributed by atoms with Crippen molar-refractivity contribution in [1.82, 2.24) is 10.9 Å². The van der Waals surface area contributed by atoms with Gasteiger partial charge in [-0.2, -0.15) is 0 Å². The topological polar surface area (TPSA) is 119 Å². The van der Waals surface area contributed by atoms with E-state index in [9.17, 15) is 14.4 Å². The van der Waals surface area contributed by atoms with E-state index in [1.165, 1.54) is 32.4 Å². The molecule has 4 rings (SSSR count). The molecule has 9 nitrogen and oxygen atoms in total. The van der Waals surface area contributed by atoms with Crippen LogP contribution in [0.4, 0.5) is 5.69 Å². The molecule has 1 fully saturated rings. The first-order chi connectivity index (χ1) is 14.4. The van der Waals surface area contributed by atoms with Crippen LogP contribution in [0.2, 0.25) is 0 Å². The number of methoxy groups -OCH3 is 2. The summed E-state index contributed by atoms with van der Waals surface area (Å²) in [6.45, 7) is 2.75. The van der Waals surface area contributed by atoms with Crippen LogP contribution in [0.3, 0.4) is 0 Å². The molecule has 2 aliphatic rings. The largest absolute Gasteiger partial charge is 0.465 e. The number of fused-ring (bicyclic) bond motifs is 3. The zero-order valence-electron chi connectivity index (χ0n) is 17.0. The predicted octanol–water partition coefficient (Wildman–Crippen LogP) is 2.12. The van der Waals surface area contributed by atoms with E-state index in [-0.39, 0.29) is 28.6 Å². The number of esters is 2. The van der Waals surface area contributed by atoms with E-state index in [1.54, 1.807) is 0 Å². The number of hydrogen-bond acceptors (Lipinski definition) is 8. The summed E-state index contributed by atoms with van der Waals surface area (Å²) >= 11 is 0. The fourth-order valence-electron chi connectivity index (χ4n) is 4.18. The number of aryl methyl sites for hydroxylation is 1. The SMILES string of the molecule is COC(=O)c1cc(NC(=O)c2oc3c(c2C)C2NNCC2CC3)cc(C(=O)OC)c1. The molecule has 1 aromatic carbocycles. The van der Waals surface area contributed by atoms with Gasteiger partial charge in [0.2, 0.25) is 0 Å². The maximum Gasteiger partial charge on any atom is 0.337 e. The molecule has 1 aliphatic heterocycles. The minimum atomic E-state index is -0.633. The third kappa shape index (κ3) is 3.46. The van der Waals surface area contributed by atoms with Crippen LogP contribution in [0.5, 0.6) is 0 Å². The third-order valence-electron chi connectivity index (χ3n) is 5.66. The summed E-state index contributed by atoms with van der Waals surface area (Å²) < 4.78 is 15.4. The fraction of sp³-hybridized carbons (Fsp3) is 0.381. The Morgan fingerprint density at radius 3 is 2.40 bits per heavy atom. The van der Waals surface area contributed by atoms with Gasteiger partial charge >= 0.3 is 11.9 Å². The number of amides is 1. The highest BCUT2D eigenvalue weighted by atomic mass is 16.5. The van der Waals surface area contributed by atoms with Gasteiger partial charge in [-0.1, -0.05) is 0 Å². The van der Waals surface area contributed by atoms with Gasteiger partial charge in [-0.3, -0.25) is 10.2 Å². The number of ether oxygens (including phenoxy) is 2. The van der Waals surface area contributed by atoms with E-state index in [0.29, 0.717) is 5.92 Å². The van der Waals surface area contributed by atoms with Gasteiger partial charge in [0.25, 0.3) is 5.91 Å². The molecule has 2 unspecified atom stereocenters. The number of carbonyl (C=O) groups excluding carboxylic acids is 3. The zero-order chi connectivity index (χ0) is 21.4. The number of nitrogens with one attached hydrogen (secondary N) is 3. The van der Waals surface area contributed by atoms with Crippen LogP contribution in [-0.2, 0) is 15.9 Å². The minimum Gasteiger partial charge on any atom is -0.465 e. The van der Waals surface area contributed by atoms with Crippen molar-refractivity contribution in [2.75, 3.05) is 26.1 Å². The number of hydrogen-bond donors (Lipinski definition) is 3. The summed E-state index contributed by atoms with van der Waals surface area (Å²) in [5.74, 6) is -0.226. The minimum absolute atomic E-state index is 0.118. The van der Waals surface area contributed by atoms with Crippen molar-refractivity contribution in [2.45, 2.75) is 25.8 Å². The van der Waals surface area contributed by atoms with Crippen molar-refractivity contribution in [3.05, 3.63) is 52.0 Å². The second-order valence-corrected chi connectivity index (χ2v) is 7.43. The smallest absolute Gasteiger partial charge is 0.337 e. The lowest BCUT2D eigenvalue weighted by molar-refractivity contribution is 0.0599. The molecule has 3 N–H and O–H groups in total. The molecule has 2 aromatic rings. The predicted molar refractivity (Wildman–Crippen MR) is 106 cm³/mol. The highest BCUT2D eigenvalue weighted by Gasteiger charge is 2.38. The van der Waals surface area contributed by atoms with Crippen molar-refractivity contribution in [3.8, 4) is 0 Å². The van der Waals surface area contributed by atoms with Crippen molar-refractivity contribution >= 4 is 23.5 Å². The monoisotopic (exact) mass is 413 g/mol. The number of hydrazine groups is 1. The van der Waals surface area contributed by atoms with Gasteiger partial charge in [0.1, 0.15) is 5.76 Å². The summed E-state index contributed by atoms with van der Waals surface area (Å²) in [7, 11) is 2.47. The molecule has 1 aromatic heterocycles. The molecular formula is C21H23N3O6. The summed E-state index contributed by atoms with van der Waals surface area (Å²) in [6.07, 6.45) is 1.76. The van der Waals surface area contributed by atoms with E-state index in [0.717, 1.165) is 36.3 Å². The molecular weight excluding hydrogens is 390 g/mol. The van der Waals surface area contributed by atoms with Crippen molar-refractivity contribution in [3.63, 3.8) is 0 Å². The first-order valence-corrected chi connectivity index (χ1v) is 9.66. The first kappa shape index (κ1) is 20.1. The van der Waals surface area contributed by atoms with E-state index >= 15 is 0 Å². The normalized spacial score (nSPS) is 19.6. The lowest BCUT2D eigenvalue weighted by Crippen LogP contribution is -2.27. The lowest BCUT2D eigenvalue weighted by atomic mass is 9.83. The van der Waals surface area contributed by atoms with E-state index in [4.69, 9.17) is 13.9 Å². The Hall–Kier alpha value is -3.17. The molecule has 1 amide bonds. The number of rotatable bonds is 4. The van der Waals surface area contributed by atoms with Crippen LogP contribution in [0, 0.1) is 12.8 Å². The molecule has 0 saturated carbocycles. The van der Waals surface area contributed by atoms with Crippen LogP contribution in [0.1, 0.15) is 60.6 Å². The Morgan fingerprint density at radius 1 is 1.10 bits per heavy atom. The van der Waals surface area contributed by atoms with E-state index in [2.05, 4.69) is 16.2 Å². The van der Waals surface area contributed by atoms with Crippen LogP contribution in [0.15, 0.2) is 22.6 Å². The Kier molecular flexibility index (Phi) is 5.31. The molecule has 0 bridgehead atoms. The van der Waals surface area contributed by atoms with E-state index < -0.39 is 17.8 Å².